The van der Waals surface area contributed by atoms with Crippen molar-refractivity contribution >= 4 is 28.7 Å². The molecule has 3 heterocycles. The van der Waals surface area contributed by atoms with E-state index in [0.717, 1.165) is 10.1 Å². The topological polar surface area (TPSA) is 113 Å². The minimum absolute atomic E-state index is 0.179. The number of rotatable bonds is 5. The van der Waals surface area contributed by atoms with Gasteiger partial charge in [0.05, 0.1) is 11.5 Å². The lowest BCUT2D eigenvalue weighted by Crippen LogP contribution is -2.50. The molecule has 2 aromatic heterocycles. The van der Waals surface area contributed by atoms with Gasteiger partial charge in [0.25, 0.3) is 0 Å². The van der Waals surface area contributed by atoms with Crippen molar-refractivity contribution in [2.24, 2.45) is 0 Å². The maximum Gasteiger partial charge on any atom is 0.376 e. The molecule has 3 aromatic rings. The van der Waals surface area contributed by atoms with E-state index in [1.807, 2.05) is 30.3 Å². The highest BCUT2D eigenvalue weighted by atomic mass is 16.6. The standard InChI is InChI=1S/C20H20N6O4/c27-17(24-12-10-23(11-13-24)15-6-2-1-3-7-15)14-21-19-18(26(29)30)20(28)25-9-5-4-8-16(25)22-19/h1-9,21H,10-14H2. The predicted octanol–water partition coefficient (Wildman–Crippen LogP) is 1.36. The van der Waals surface area contributed by atoms with Gasteiger partial charge >= 0.3 is 11.2 Å². The number of carbonyl (C=O) groups excluding carboxylic acids is 1. The van der Waals surface area contributed by atoms with E-state index in [4.69, 9.17) is 0 Å². The van der Waals surface area contributed by atoms with Crippen molar-refractivity contribution in [3.05, 3.63) is 75.2 Å². The first kappa shape index (κ1) is 19.4. The third-order valence-corrected chi connectivity index (χ3v) is 5.05. The van der Waals surface area contributed by atoms with Crippen LogP contribution in [0.3, 0.4) is 0 Å². The molecule has 30 heavy (non-hydrogen) atoms. The highest BCUT2D eigenvalue weighted by Crippen LogP contribution is 2.19. The van der Waals surface area contributed by atoms with Crippen molar-refractivity contribution < 1.29 is 9.72 Å². The fourth-order valence-corrected chi connectivity index (χ4v) is 3.49. The van der Waals surface area contributed by atoms with E-state index in [1.165, 1.54) is 6.20 Å². The summed E-state index contributed by atoms with van der Waals surface area (Å²) in [4.78, 5) is 43.8. The van der Waals surface area contributed by atoms with Crippen LogP contribution in [0.25, 0.3) is 5.65 Å². The smallest absolute Gasteiger partial charge is 0.368 e. The van der Waals surface area contributed by atoms with Gasteiger partial charge in [-0.15, -0.1) is 0 Å². The molecule has 0 radical (unpaired) electrons. The van der Waals surface area contributed by atoms with Crippen molar-refractivity contribution in [2.75, 3.05) is 42.9 Å². The number of nitrogens with one attached hydrogen (secondary N) is 1. The molecule has 154 valence electrons. The maximum atomic E-state index is 12.6. The highest BCUT2D eigenvalue weighted by Gasteiger charge is 2.25. The molecule has 0 bridgehead atoms. The van der Waals surface area contributed by atoms with Crippen LogP contribution in [-0.2, 0) is 4.79 Å². The Hall–Kier alpha value is -3.95. The Bertz CT molecular complexity index is 1140. The molecule has 1 amide bonds. The summed E-state index contributed by atoms with van der Waals surface area (Å²) in [5.41, 5.74) is -0.101. The van der Waals surface area contributed by atoms with Gasteiger partial charge in [-0.1, -0.05) is 24.3 Å². The summed E-state index contributed by atoms with van der Waals surface area (Å²) in [6.45, 7) is 2.31. The van der Waals surface area contributed by atoms with Crippen LogP contribution in [0.4, 0.5) is 17.2 Å². The normalized spacial score (nSPS) is 14.0. The zero-order valence-corrected chi connectivity index (χ0v) is 16.1. The third kappa shape index (κ3) is 3.79. The first-order chi connectivity index (χ1) is 14.5. The van der Waals surface area contributed by atoms with Crippen LogP contribution >= 0.6 is 0 Å². The summed E-state index contributed by atoms with van der Waals surface area (Å²) in [6, 6.07) is 14.8. The van der Waals surface area contributed by atoms with E-state index < -0.39 is 16.2 Å². The number of amides is 1. The zero-order valence-electron chi connectivity index (χ0n) is 16.1. The van der Waals surface area contributed by atoms with Crippen molar-refractivity contribution in [1.82, 2.24) is 14.3 Å². The van der Waals surface area contributed by atoms with Gasteiger partial charge < -0.3 is 15.1 Å². The second-order valence-electron chi connectivity index (χ2n) is 6.86. The Kier molecular flexibility index (Phi) is 5.29. The van der Waals surface area contributed by atoms with E-state index >= 15 is 0 Å². The predicted molar refractivity (Wildman–Crippen MR) is 112 cm³/mol. The number of pyridine rings is 1. The average molecular weight is 408 g/mol. The molecule has 0 spiro atoms. The zero-order chi connectivity index (χ0) is 21.1. The summed E-state index contributed by atoms with van der Waals surface area (Å²) in [6.07, 6.45) is 1.42. The molecular weight excluding hydrogens is 388 g/mol. The Morgan fingerprint density at radius 1 is 1.07 bits per heavy atom. The summed E-state index contributed by atoms with van der Waals surface area (Å²) in [5, 5.41) is 14.1. The van der Waals surface area contributed by atoms with Gasteiger partial charge in [0.15, 0.2) is 0 Å². The van der Waals surface area contributed by atoms with Crippen molar-refractivity contribution in [1.29, 1.82) is 0 Å². The molecule has 10 heteroatoms. The van der Waals surface area contributed by atoms with Gasteiger partial charge in [-0.3, -0.25) is 24.1 Å². The van der Waals surface area contributed by atoms with Crippen molar-refractivity contribution in [2.45, 2.75) is 0 Å². The second kappa shape index (κ2) is 8.19. The number of piperazine rings is 1. The summed E-state index contributed by atoms with van der Waals surface area (Å²) < 4.78 is 1.11. The monoisotopic (exact) mass is 408 g/mol. The summed E-state index contributed by atoms with van der Waals surface area (Å²) in [7, 11) is 0. The molecule has 0 saturated carbocycles. The number of nitro groups is 1. The van der Waals surface area contributed by atoms with Gasteiger partial charge in [-0.05, 0) is 24.3 Å². The van der Waals surface area contributed by atoms with Gasteiger partial charge in [0.2, 0.25) is 11.7 Å². The number of nitrogens with zero attached hydrogens (tertiary/aromatic N) is 5. The highest BCUT2D eigenvalue weighted by molar-refractivity contribution is 5.81. The lowest BCUT2D eigenvalue weighted by molar-refractivity contribution is -0.385. The number of aromatic nitrogens is 2. The number of para-hydroxylation sites is 1. The molecule has 1 aliphatic heterocycles. The van der Waals surface area contributed by atoms with Crippen LogP contribution in [0.2, 0.25) is 0 Å². The lowest BCUT2D eigenvalue weighted by Gasteiger charge is -2.36. The molecule has 1 aliphatic rings. The first-order valence-corrected chi connectivity index (χ1v) is 9.52. The molecule has 1 aromatic carbocycles. The van der Waals surface area contributed by atoms with Crippen molar-refractivity contribution in [3.8, 4) is 0 Å². The van der Waals surface area contributed by atoms with Crippen molar-refractivity contribution in [3.63, 3.8) is 0 Å². The fourth-order valence-electron chi connectivity index (χ4n) is 3.49. The fraction of sp³-hybridized carbons (Fsp3) is 0.250. The minimum Gasteiger partial charge on any atom is -0.368 e. The molecule has 1 fully saturated rings. The SMILES string of the molecule is O=C(CNc1nc2ccccn2c(=O)c1[N+](=O)[O-])N1CCN(c2ccccc2)CC1. The van der Waals surface area contributed by atoms with E-state index in [2.05, 4.69) is 15.2 Å². The van der Waals surface area contributed by atoms with Crippen LogP contribution < -0.4 is 15.8 Å². The Morgan fingerprint density at radius 3 is 2.47 bits per heavy atom. The number of hydrogen-bond donors (Lipinski definition) is 1. The van der Waals surface area contributed by atoms with E-state index in [-0.39, 0.29) is 23.9 Å². The minimum atomic E-state index is -0.794. The Morgan fingerprint density at radius 2 is 1.77 bits per heavy atom. The van der Waals surface area contributed by atoms with Crippen LogP contribution in [0.1, 0.15) is 0 Å². The van der Waals surface area contributed by atoms with Gasteiger partial charge in [0.1, 0.15) is 5.65 Å². The third-order valence-electron chi connectivity index (χ3n) is 5.05. The molecule has 10 nitrogen and oxygen atoms in total. The molecule has 0 atom stereocenters. The quantitative estimate of drug-likeness (QED) is 0.501. The Balaban J connectivity index is 1.44. The molecule has 1 N–H and O–H groups in total. The van der Waals surface area contributed by atoms with Crippen LogP contribution in [0.5, 0.6) is 0 Å². The van der Waals surface area contributed by atoms with Crippen LogP contribution in [0.15, 0.2) is 59.5 Å². The largest absolute Gasteiger partial charge is 0.376 e. The number of fused-ring (bicyclic) bond motifs is 1. The molecule has 4 rings (SSSR count). The summed E-state index contributed by atoms with van der Waals surface area (Å²) in [5.74, 6) is -0.403. The van der Waals surface area contributed by atoms with Crippen LogP contribution in [0, 0.1) is 10.1 Å². The van der Waals surface area contributed by atoms with Gasteiger partial charge in [0, 0.05) is 38.1 Å². The van der Waals surface area contributed by atoms with Crippen LogP contribution in [-0.4, -0.2) is 57.8 Å². The number of benzene rings is 1. The summed E-state index contributed by atoms with van der Waals surface area (Å²) >= 11 is 0. The number of carbonyl (C=O) groups is 1. The Labute approximate surface area is 171 Å². The molecule has 0 unspecified atom stereocenters. The first-order valence-electron chi connectivity index (χ1n) is 9.52. The average Bonchev–Trinajstić information content (AvgIpc) is 2.78. The molecular formula is C20H20N6O4. The lowest BCUT2D eigenvalue weighted by atomic mass is 10.2. The second-order valence-corrected chi connectivity index (χ2v) is 6.86. The van der Waals surface area contributed by atoms with Gasteiger partial charge in [-0.2, -0.15) is 0 Å². The maximum absolute atomic E-state index is 12.6. The number of anilines is 2. The molecule has 1 saturated heterocycles. The van der Waals surface area contributed by atoms with E-state index in [9.17, 15) is 19.7 Å². The molecule has 0 aliphatic carbocycles. The van der Waals surface area contributed by atoms with E-state index in [1.54, 1.807) is 23.1 Å². The van der Waals surface area contributed by atoms with E-state index in [0.29, 0.717) is 26.2 Å². The number of hydrogen-bond acceptors (Lipinski definition) is 7. The van der Waals surface area contributed by atoms with Gasteiger partial charge in [-0.25, -0.2) is 4.98 Å².